The second-order valence-electron chi connectivity index (χ2n) is 6.69. The standard InChI is InChI=1S/C19H29NO2S/c1-15(2)10-12-22-18-9-11-20(13-18)19(21)16(3)23-14-17-7-5-4-6-8-17/h4-8,15-16,18H,9-14H2,1-3H3. The molecule has 1 amide bonds. The third kappa shape index (κ3) is 6.19. The monoisotopic (exact) mass is 335 g/mol. The summed E-state index contributed by atoms with van der Waals surface area (Å²) in [5.74, 6) is 1.81. The topological polar surface area (TPSA) is 29.5 Å². The second kappa shape index (κ2) is 9.33. The van der Waals surface area contributed by atoms with E-state index in [9.17, 15) is 4.79 Å². The van der Waals surface area contributed by atoms with Crippen LogP contribution in [0.5, 0.6) is 0 Å². The SMILES string of the molecule is CC(C)CCOC1CCN(C(=O)C(C)SCc2ccccc2)C1. The third-order valence-corrected chi connectivity index (χ3v) is 5.40. The first kappa shape index (κ1) is 18.3. The Morgan fingerprint density at radius 1 is 1.30 bits per heavy atom. The van der Waals surface area contributed by atoms with Gasteiger partial charge in [0.25, 0.3) is 0 Å². The van der Waals surface area contributed by atoms with Crippen LogP contribution in [-0.4, -0.2) is 41.9 Å². The van der Waals surface area contributed by atoms with Gasteiger partial charge >= 0.3 is 0 Å². The molecule has 23 heavy (non-hydrogen) atoms. The van der Waals surface area contributed by atoms with Crippen LogP contribution in [0.2, 0.25) is 0 Å². The van der Waals surface area contributed by atoms with Crippen molar-refractivity contribution in [2.24, 2.45) is 5.92 Å². The summed E-state index contributed by atoms with van der Waals surface area (Å²) in [6.07, 6.45) is 2.29. The summed E-state index contributed by atoms with van der Waals surface area (Å²) in [5.41, 5.74) is 1.27. The molecule has 4 heteroatoms. The quantitative estimate of drug-likeness (QED) is 0.720. The maximum absolute atomic E-state index is 12.5. The molecule has 1 fully saturated rings. The van der Waals surface area contributed by atoms with E-state index in [0.717, 1.165) is 38.3 Å². The largest absolute Gasteiger partial charge is 0.376 e. The lowest BCUT2D eigenvalue weighted by Crippen LogP contribution is -2.35. The van der Waals surface area contributed by atoms with Crippen LogP contribution in [-0.2, 0) is 15.3 Å². The number of benzene rings is 1. The molecule has 0 aliphatic carbocycles. The molecule has 2 atom stereocenters. The van der Waals surface area contributed by atoms with Gasteiger partial charge in [-0.25, -0.2) is 0 Å². The Morgan fingerprint density at radius 3 is 2.74 bits per heavy atom. The minimum atomic E-state index is 0.00428. The number of likely N-dealkylation sites (tertiary alicyclic amines) is 1. The maximum Gasteiger partial charge on any atom is 0.235 e. The highest BCUT2D eigenvalue weighted by atomic mass is 32.2. The molecule has 2 unspecified atom stereocenters. The number of rotatable bonds is 8. The van der Waals surface area contributed by atoms with E-state index in [1.165, 1.54) is 5.56 Å². The summed E-state index contributed by atoms with van der Waals surface area (Å²) in [6.45, 7) is 8.83. The normalized spacial score (nSPS) is 19.3. The van der Waals surface area contributed by atoms with Crippen molar-refractivity contribution in [1.82, 2.24) is 4.90 Å². The van der Waals surface area contributed by atoms with Crippen molar-refractivity contribution in [3.63, 3.8) is 0 Å². The predicted molar refractivity (Wildman–Crippen MR) is 97.6 cm³/mol. The van der Waals surface area contributed by atoms with E-state index in [4.69, 9.17) is 4.74 Å². The van der Waals surface area contributed by atoms with Crippen molar-refractivity contribution in [1.29, 1.82) is 0 Å². The van der Waals surface area contributed by atoms with Crippen LogP contribution in [0.15, 0.2) is 30.3 Å². The van der Waals surface area contributed by atoms with Gasteiger partial charge < -0.3 is 9.64 Å². The zero-order valence-electron chi connectivity index (χ0n) is 14.5. The van der Waals surface area contributed by atoms with Gasteiger partial charge in [-0.15, -0.1) is 11.8 Å². The first-order chi connectivity index (χ1) is 11.1. The average molecular weight is 336 g/mol. The maximum atomic E-state index is 12.5. The van der Waals surface area contributed by atoms with Crippen LogP contribution in [0.25, 0.3) is 0 Å². The van der Waals surface area contributed by atoms with Crippen molar-refractivity contribution in [2.45, 2.75) is 50.7 Å². The molecule has 1 heterocycles. The molecule has 3 nitrogen and oxygen atoms in total. The number of ether oxygens (including phenoxy) is 1. The molecule has 1 aromatic carbocycles. The molecule has 0 saturated carbocycles. The van der Waals surface area contributed by atoms with Crippen molar-refractivity contribution < 1.29 is 9.53 Å². The molecule has 0 spiro atoms. The van der Waals surface area contributed by atoms with Gasteiger partial charge in [0.2, 0.25) is 5.91 Å². The van der Waals surface area contributed by atoms with Gasteiger partial charge in [0.05, 0.1) is 11.4 Å². The number of carbonyl (C=O) groups is 1. The fourth-order valence-electron chi connectivity index (χ4n) is 2.66. The molecule has 1 aliphatic heterocycles. The van der Waals surface area contributed by atoms with E-state index in [2.05, 4.69) is 26.0 Å². The molecule has 0 N–H and O–H groups in total. The Morgan fingerprint density at radius 2 is 2.04 bits per heavy atom. The van der Waals surface area contributed by atoms with E-state index in [-0.39, 0.29) is 17.3 Å². The summed E-state index contributed by atoms with van der Waals surface area (Å²) in [5, 5.41) is 0.00428. The Balaban J connectivity index is 1.70. The number of hydrogen-bond donors (Lipinski definition) is 0. The van der Waals surface area contributed by atoms with Gasteiger partial charge in [-0.05, 0) is 31.2 Å². The third-order valence-electron chi connectivity index (χ3n) is 4.20. The molecular formula is C19H29NO2S. The smallest absolute Gasteiger partial charge is 0.235 e. The Labute approximate surface area is 144 Å². The van der Waals surface area contributed by atoms with E-state index in [1.54, 1.807) is 11.8 Å². The van der Waals surface area contributed by atoms with Gasteiger partial charge in [-0.1, -0.05) is 44.2 Å². The summed E-state index contributed by atoms with van der Waals surface area (Å²) in [7, 11) is 0. The fourth-order valence-corrected chi connectivity index (χ4v) is 3.59. The van der Waals surface area contributed by atoms with Crippen LogP contribution >= 0.6 is 11.8 Å². The molecule has 1 aromatic rings. The van der Waals surface area contributed by atoms with Gasteiger partial charge in [0, 0.05) is 25.4 Å². The van der Waals surface area contributed by atoms with Gasteiger partial charge in [0.15, 0.2) is 0 Å². The highest BCUT2D eigenvalue weighted by Gasteiger charge is 2.29. The van der Waals surface area contributed by atoms with Crippen molar-refractivity contribution in [2.75, 3.05) is 19.7 Å². The van der Waals surface area contributed by atoms with Crippen LogP contribution in [0.1, 0.15) is 39.2 Å². The predicted octanol–water partition coefficient (Wildman–Crippen LogP) is 3.97. The summed E-state index contributed by atoms with van der Waals surface area (Å²) in [4.78, 5) is 14.5. The summed E-state index contributed by atoms with van der Waals surface area (Å²) in [6, 6.07) is 10.3. The lowest BCUT2D eigenvalue weighted by Gasteiger charge is -2.21. The second-order valence-corrected chi connectivity index (χ2v) is 8.02. The first-order valence-electron chi connectivity index (χ1n) is 8.62. The molecule has 2 rings (SSSR count). The minimum Gasteiger partial charge on any atom is -0.376 e. The molecule has 128 valence electrons. The van der Waals surface area contributed by atoms with Crippen molar-refractivity contribution >= 4 is 17.7 Å². The fraction of sp³-hybridized carbons (Fsp3) is 0.632. The molecule has 0 radical (unpaired) electrons. The molecule has 0 bridgehead atoms. The molecular weight excluding hydrogens is 306 g/mol. The van der Waals surface area contributed by atoms with E-state index < -0.39 is 0 Å². The van der Waals surface area contributed by atoms with Crippen LogP contribution < -0.4 is 0 Å². The Bertz CT molecular complexity index is 478. The van der Waals surface area contributed by atoms with E-state index in [0.29, 0.717) is 5.92 Å². The zero-order chi connectivity index (χ0) is 16.7. The van der Waals surface area contributed by atoms with Gasteiger partial charge in [-0.2, -0.15) is 0 Å². The number of hydrogen-bond acceptors (Lipinski definition) is 3. The van der Waals surface area contributed by atoms with Crippen LogP contribution in [0.3, 0.4) is 0 Å². The molecule has 1 aliphatic rings. The highest BCUT2D eigenvalue weighted by molar-refractivity contribution is 7.99. The summed E-state index contributed by atoms with van der Waals surface area (Å²) >= 11 is 1.72. The first-order valence-corrected chi connectivity index (χ1v) is 9.67. The summed E-state index contributed by atoms with van der Waals surface area (Å²) < 4.78 is 5.90. The highest BCUT2D eigenvalue weighted by Crippen LogP contribution is 2.22. The van der Waals surface area contributed by atoms with Crippen LogP contribution in [0, 0.1) is 5.92 Å². The number of nitrogens with zero attached hydrogens (tertiary/aromatic N) is 1. The van der Waals surface area contributed by atoms with E-state index in [1.807, 2.05) is 30.0 Å². The van der Waals surface area contributed by atoms with E-state index >= 15 is 0 Å². The van der Waals surface area contributed by atoms with Crippen LogP contribution in [0.4, 0.5) is 0 Å². The lowest BCUT2D eigenvalue weighted by atomic mass is 10.1. The number of amides is 1. The Kier molecular flexibility index (Phi) is 7.44. The van der Waals surface area contributed by atoms with Gasteiger partial charge in [0.1, 0.15) is 0 Å². The minimum absolute atomic E-state index is 0.00428. The molecule has 1 saturated heterocycles. The number of carbonyl (C=O) groups excluding carboxylic acids is 1. The zero-order valence-corrected chi connectivity index (χ0v) is 15.3. The molecule has 0 aromatic heterocycles. The Hall–Kier alpha value is -1.00. The average Bonchev–Trinajstić information content (AvgIpc) is 3.01. The van der Waals surface area contributed by atoms with Gasteiger partial charge in [-0.3, -0.25) is 4.79 Å². The lowest BCUT2D eigenvalue weighted by molar-refractivity contribution is -0.129. The van der Waals surface area contributed by atoms with Crippen molar-refractivity contribution in [3.05, 3.63) is 35.9 Å². The van der Waals surface area contributed by atoms with Crippen molar-refractivity contribution in [3.8, 4) is 0 Å². The number of thioether (sulfide) groups is 1.